The average molecular weight is 454 g/mol. The van der Waals surface area contributed by atoms with E-state index in [2.05, 4.69) is 34.0 Å². The van der Waals surface area contributed by atoms with Crippen LogP contribution in [0, 0.1) is 13.8 Å². The first kappa shape index (κ1) is 22.6. The van der Waals surface area contributed by atoms with Gasteiger partial charge in [-0.05, 0) is 58.5 Å². The number of hydrogen-bond donors (Lipinski definition) is 2. The summed E-state index contributed by atoms with van der Waals surface area (Å²) in [7, 11) is 0. The van der Waals surface area contributed by atoms with Crippen LogP contribution in [-0.4, -0.2) is 42.8 Å². The topological polar surface area (TPSA) is 62.5 Å². The van der Waals surface area contributed by atoms with Crippen molar-refractivity contribution in [2.75, 3.05) is 31.6 Å². The highest BCUT2D eigenvalue weighted by Crippen LogP contribution is 2.14. The first-order chi connectivity index (χ1) is 10.7. The van der Waals surface area contributed by atoms with Gasteiger partial charge in [0.1, 0.15) is 5.76 Å². The third kappa shape index (κ3) is 9.44. The van der Waals surface area contributed by atoms with E-state index in [1.54, 1.807) is 0 Å². The lowest BCUT2D eigenvalue weighted by atomic mass is 10.1. The van der Waals surface area contributed by atoms with Gasteiger partial charge in [-0.1, -0.05) is 5.16 Å². The zero-order valence-corrected chi connectivity index (χ0v) is 17.9. The zero-order chi connectivity index (χ0) is 16.2. The van der Waals surface area contributed by atoms with E-state index in [0.717, 1.165) is 49.9 Å². The molecular weight excluding hydrogens is 423 g/mol. The van der Waals surface area contributed by atoms with Crippen LogP contribution in [0.25, 0.3) is 0 Å². The average Bonchev–Trinajstić information content (AvgIpc) is 2.82. The Labute approximate surface area is 161 Å². The molecule has 1 rings (SSSR count). The maximum absolute atomic E-state index is 5.19. The van der Waals surface area contributed by atoms with Gasteiger partial charge in [0, 0.05) is 25.2 Å². The second-order valence-electron chi connectivity index (χ2n) is 5.29. The Balaban J connectivity index is 0.00000484. The van der Waals surface area contributed by atoms with Crippen LogP contribution in [0.3, 0.4) is 0 Å². The number of nitrogens with one attached hydrogen (secondary N) is 2. The molecule has 0 amide bonds. The Bertz CT molecular complexity index is 432. The predicted octanol–water partition coefficient (Wildman–Crippen LogP) is 3.54. The largest absolute Gasteiger partial charge is 0.361 e. The van der Waals surface area contributed by atoms with E-state index >= 15 is 0 Å². The summed E-state index contributed by atoms with van der Waals surface area (Å²) in [6, 6.07) is 0. The molecule has 0 spiro atoms. The van der Waals surface area contributed by atoms with E-state index in [4.69, 9.17) is 4.52 Å². The molecule has 0 aliphatic heterocycles. The van der Waals surface area contributed by atoms with Crippen molar-refractivity contribution in [3.63, 3.8) is 0 Å². The predicted molar refractivity (Wildman–Crippen MR) is 111 cm³/mol. The highest BCUT2D eigenvalue weighted by Gasteiger charge is 2.07. The molecule has 134 valence electrons. The number of aliphatic imine (C=N–C) groups is 1. The zero-order valence-electron chi connectivity index (χ0n) is 14.8. The van der Waals surface area contributed by atoms with Crippen LogP contribution < -0.4 is 10.6 Å². The van der Waals surface area contributed by atoms with E-state index in [1.165, 1.54) is 24.2 Å². The Hall–Kier alpha value is -0.440. The van der Waals surface area contributed by atoms with Crippen molar-refractivity contribution in [3.05, 3.63) is 17.0 Å². The Kier molecular flexibility index (Phi) is 13.7. The highest BCUT2D eigenvalue weighted by molar-refractivity contribution is 14.0. The van der Waals surface area contributed by atoms with E-state index in [0.29, 0.717) is 0 Å². The van der Waals surface area contributed by atoms with Crippen molar-refractivity contribution in [1.82, 2.24) is 15.8 Å². The van der Waals surface area contributed by atoms with Crippen molar-refractivity contribution in [2.45, 2.75) is 46.5 Å². The number of halogens is 1. The maximum Gasteiger partial charge on any atom is 0.191 e. The summed E-state index contributed by atoms with van der Waals surface area (Å²) in [5.74, 6) is 3.08. The monoisotopic (exact) mass is 454 g/mol. The van der Waals surface area contributed by atoms with E-state index in [9.17, 15) is 0 Å². The Morgan fingerprint density at radius 3 is 2.61 bits per heavy atom. The van der Waals surface area contributed by atoms with Gasteiger partial charge in [0.05, 0.1) is 5.69 Å². The summed E-state index contributed by atoms with van der Waals surface area (Å²) >= 11 is 1.90. The van der Waals surface area contributed by atoms with Crippen LogP contribution in [0.1, 0.15) is 43.2 Å². The number of hydrogen-bond acceptors (Lipinski definition) is 4. The van der Waals surface area contributed by atoms with Crippen LogP contribution in [0.5, 0.6) is 0 Å². The Morgan fingerprint density at radius 1 is 1.22 bits per heavy atom. The summed E-state index contributed by atoms with van der Waals surface area (Å²) in [6.07, 6.45) is 6.56. The third-order valence-electron chi connectivity index (χ3n) is 3.45. The van der Waals surface area contributed by atoms with Gasteiger partial charge >= 0.3 is 0 Å². The third-order valence-corrected chi connectivity index (χ3v) is 4.14. The second kappa shape index (κ2) is 13.9. The van der Waals surface area contributed by atoms with E-state index < -0.39 is 0 Å². The summed E-state index contributed by atoms with van der Waals surface area (Å²) in [6.45, 7) is 8.74. The molecule has 7 heteroatoms. The quantitative estimate of drug-likeness (QED) is 0.245. The van der Waals surface area contributed by atoms with E-state index in [-0.39, 0.29) is 24.0 Å². The first-order valence-corrected chi connectivity index (χ1v) is 9.51. The molecule has 0 radical (unpaired) electrons. The summed E-state index contributed by atoms with van der Waals surface area (Å²) < 4.78 is 5.19. The van der Waals surface area contributed by atoms with Crippen molar-refractivity contribution >= 4 is 41.7 Å². The van der Waals surface area contributed by atoms with Gasteiger partial charge in [-0.25, -0.2) is 0 Å². The minimum atomic E-state index is 0. The molecule has 0 saturated carbocycles. The summed E-state index contributed by atoms with van der Waals surface area (Å²) in [5.41, 5.74) is 2.23. The molecular formula is C16H31IN4OS. The minimum absolute atomic E-state index is 0. The molecule has 2 N–H and O–H groups in total. The fraction of sp³-hybridized carbons (Fsp3) is 0.750. The summed E-state index contributed by atoms with van der Waals surface area (Å²) in [5, 5.41) is 10.7. The van der Waals surface area contributed by atoms with Crippen molar-refractivity contribution < 1.29 is 4.52 Å². The van der Waals surface area contributed by atoms with Crippen molar-refractivity contribution in [1.29, 1.82) is 0 Å². The van der Waals surface area contributed by atoms with Gasteiger partial charge in [-0.15, -0.1) is 24.0 Å². The molecule has 5 nitrogen and oxygen atoms in total. The van der Waals surface area contributed by atoms with Gasteiger partial charge in [-0.2, -0.15) is 11.8 Å². The fourth-order valence-corrected chi connectivity index (χ4v) is 2.72. The number of guanidine groups is 1. The molecule has 0 aliphatic carbocycles. The van der Waals surface area contributed by atoms with Gasteiger partial charge < -0.3 is 15.2 Å². The van der Waals surface area contributed by atoms with Gasteiger partial charge in [0.2, 0.25) is 0 Å². The van der Waals surface area contributed by atoms with Gasteiger partial charge in [0.25, 0.3) is 0 Å². The molecule has 0 unspecified atom stereocenters. The molecule has 0 bridgehead atoms. The fourth-order valence-electron chi connectivity index (χ4n) is 2.23. The van der Waals surface area contributed by atoms with Crippen LogP contribution in [0.2, 0.25) is 0 Å². The normalized spacial score (nSPS) is 11.2. The number of thioether (sulfide) groups is 1. The van der Waals surface area contributed by atoms with Crippen LogP contribution >= 0.6 is 35.7 Å². The van der Waals surface area contributed by atoms with Crippen molar-refractivity contribution in [2.24, 2.45) is 4.99 Å². The molecule has 1 aromatic heterocycles. The molecule has 1 aromatic rings. The van der Waals surface area contributed by atoms with Crippen molar-refractivity contribution in [3.8, 4) is 0 Å². The number of unbranched alkanes of at least 4 members (excludes halogenated alkanes) is 1. The summed E-state index contributed by atoms with van der Waals surface area (Å²) in [4.78, 5) is 4.63. The number of aromatic nitrogens is 1. The lowest BCUT2D eigenvalue weighted by Gasteiger charge is -2.11. The lowest BCUT2D eigenvalue weighted by Crippen LogP contribution is -2.37. The molecule has 0 aromatic carbocycles. The molecule has 0 saturated heterocycles. The number of nitrogens with zero attached hydrogens (tertiary/aromatic N) is 2. The van der Waals surface area contributed by atoms with Crippen LogP contribution in [0.4, 0.5) is 0 Å². The molecule has 23 heavy (non-hydrogen) atoms. The second-order valence-corrected chi connectivity index (χ2v) is 6.28. The van der Waals surface area contributed by atoms with Crippen LogP contribution in [-0.2, 0) is 6.42 Å². The Morgan fingerprint density at radius 2 is 2.00 bits per heavy atom. The standard InChI is InChI=1S/C16H30N4OS.HI/c1-5-17-16(18-10-6-7-12-22-4)19-11-8-9-15-13(2)20-21-14(15)3;/h5-12H2,1-4H3,(H2,17,18,19);1H. The van der Waals surface area contributed by atoms with E-state index in [1.807, 2.05) is 25.6 Å². The first-order valence-electron chi connectivity index (χ1n) is 8.11. The number of rotatable bonds is 10. The SMILES string of the molecule is CCNC(=NCCCc1c(C)noc1C)NCCCCSC.I. The smallest absolute Gasteiger partial charge is 0.191 e. The molecule has 0 aliphatic rings. The lowest BCUT2D eigenvalue weighted by molar-refractivity contribution is 0.392. The number of aryl methyl sites for hydroxylation is 2. The highest BCUT2D eigenvalue weighted by atomic mass is 127. The molecule has 0 fully saturated rings. The molecule has 0 atom stereocenters. The van der Waals surface area contributed by atoms with Gasteiger partial charge in [-0.3, -0.25) is 4.99 Å². The molecule has 1 heterocycles. The minimum Gasteiger partial charge on any atom is -0.361 e. The maximum atomic E-state index is 5.19. The van der Waals surface area contributed by atoms with Gasteiger partial charge in [0.15, 0.2) is 5.96 Å². The van der Waals surface area contributed by atoms with Crippen LogP contribution in [0.15, 0.2) is 9.52 Å².